The van der Waals surface area contributed by atoms with Crippen molar-refractivity contribution in [3.8, 4) is 0 Å². The smallest absolute Gasteiger partial charge is 0.303 e. The minimum absolute atomic E-state index is 0.191. The van der Waals surface area contributed by atoms with Gasteiger partial charge in [-0.15, -0.1) is 0 Å². The molecule has 0 aromatic rings. The number of aliphatic carboxylic acids is 1. The molecule has 4 heteroatoms. The first-order valence-corrected chi connectivity index (χ1v) is 4.13. The van der Waals surface area contributed by atoms with Crippen molar-refractivity contribution in [1.82, 2.24) is 5.32 Å². The summed E-state index contributed by atoms with van der Waals surface area (Å²) >= 11 is 0. The number of rotatable bonds is 3. The van der Waals surface area contributed by atoms with Gasteiger partial charge < -0.3 is 9.84 Å². The summed E-state index contributed by atoms with van der Waals surface area (Å²) in [5, 5.41) is 11.6. The van der Waals surface area contributed by atoms with Gasteiger partial charge in [-0.2, -0.15) is 0 Å². The lowest BCUT2D eigenvalue weighted by atomic mass is 10.1. The molecule has 0 spiro atoms. The Morgan fingerprint density at radius 3 is 2.83 bits per heavy atom. The molecule has 0 unspecified atom stereocenters. The lowest BCUT2D eigenvalue weighted by molar-refractivity contribution is -0.137. The van der Waals surface area contributed by atoms with Crippen LogP contribution in [0.1, 0.15) is 26.7 Å². The average molecular weight is 173 g/mol. The summed E-state index contributed by atoms with van der Waals surface area (Å²) in [7, 11) is 0. The van der Waals surface area contributed by atoms with E-state index in [1.165, 1.54) is 0 Å². The summed E-state index contributed by atoms with van der Waals surface area (Å²) in [6, 6.07) is 0.191. The van der Waals surface area contributed by atoms with Crippen LogP contribution >= 0.6 is 0 Å². The zero-order chi connectivity index (χ0) is 9.19. The predicted molar refractivity (Wildman–Crippen MR) is 43.8 cm³/mol. The Morgan fingerprint density at radius 1 is 1.75 bits per heavy atom. The molecular weight excluding hydrogens is 158 g/mol. The highest BCUT2D eigenvalue weighted by Crippen LogP contribution is 2.16. The van der Waals surface area contributed by atoms with E-state index in [1.54, 1.807) is 0 Å². The SMILES string of the molecule is CC1(C)N[C@@H](CCC(=O)O)CO1. The van der Waals surface area contributed by atoms with E-state index in [4.69, 9.17) is 9.84 Å². The van der Waals surface area contributed by atoms with Crippen LogP contribution in [0, 0.1) is 0 Å². The Bertz CT molecular complexity index is 179. The molecule has 1 atom stereocenters. The molecule has 0 bridgehead atoms. The number of ether oxygens (including phenoxy) is 1. The van der Waals surface area contributed by atoms with E-state index < -0.39 is 5.97 Å². The maximum atomic E-state index is 10.2. The minimum Gasteiger partial charge on any atom is -0.481 e. The molecule has 1 aliphatic rings. The second-order valence-electron chi connectivity index (χ2n) is 3.59. The monoisotopic (exact) mass is 173 g/mol. The molecule has 0 radical (unpaired) electrons. The zero-order valence-corrected chi connectivity index (χ0v) is 7.46. The van der Waals surface area contributed by atoms with Crippen molar-refractivity contribution in [2.45, 2.75) is 38.5 Å². The first-order valence-electron chi connectivity index (χ1n) is 4.13. The van der Waals surface area contributed by atoms with Gasteiger partial charge in [0.05, 0.1) is 6.61 Å². The van der Waals surface area contributed by atoms with E-state index in [-0.39, 0.29) is 18.2 Å². The molecule has 0 aromatic carbocycles. The van der Waals surface area contributed by atoms with Crippen LogP contribution < -0.4 is 5.32 Å². The fourth-order valence-corrected chi connectivity index (χ4v) is 1.34. The molecule has 12 heavy (non-hydrogen) atoms. The van der Waals surface area contributed by atoms with Crippen molar-refractivity contribution in [2.24, 2.45) is 0 Å². The molecule has 0 amide bonds. The van der Waals surface area contributed by atoms with Crippen LogP contribution in [0.15, 0.2) is 0 Å². The molecule has 1 fully saturated rings. The molecule has 1 rings (SSSR count). The van der Waals surface area contributed by atoms with Gasteiger partial charge in [-0.1, -0.05) is 0 Å². The summed E-state index contributed by atoms with van der Waals surface area (Å²) < 4.78 is 5.38. The number of hydrogen-bond acceptors (Lipinski definition) is 3. The number of carbonyl (C=O) groups is 1. The fourth-order valence-electron chi connectivity index (χ4n) is 1.34. The summed E-state index contributed by atoms with van der Waals surface area (Å²) in [4.78, 5) is 10.2. The highest BCUT2D eigenvalue weighted by atomic mass is 16.5. The van der Waals surface area contributed by atoms with E-state index in [2.05, 4.69) is 5.32 Å². The minimum atomic E-state index is -0.749. The van der Waals surface area contributed by atoms with E-state index in [0.717, 1.165) is 0 Å². The van der Waals surface area contributed by atoms with Gasteiger partial charge in [0.15, 0.2) is 0 Å². The molecule has 0 aromatic heterocycles. The summed E-state index contributed by atoms with van der Waals surface area (Å²) in [5.74, 6) is -0.749. The highest BCUT2D eigenvalue weighted by molar-refractivity contribution is 5.66. The fraction of sp³-hybridized carbons (Fsp3) is 0.875. The third-order valence-corrected chi connectivity index (χ3v) is 1.90. The number of nitrogens with one attached hydrogen (secondary N) is 1. The van der Waals surface area contributed by atoms with Crippen LogP contribution in [0.3, 0.4) is 0 Å². The van der Waals surface area contributed by atoms with E-state index in [0.29, 0.717) is 13.0 Å². The van der Waals surface area contributed by atoms with Crippen LogP contribution in [0.5, 0.6) is 0 Å². The lowest BCUT2D eigenvalue weighted by Gasteiger charge is -2.17. The molecular formula is C8H15NO3. The Balaban J connectivity index is 2.24. The number of carboxylic acid groups (broad SMARTS) is 1. The van der Waals surface area contributed by atoms with E-state index >= 15 is 0 Å². The van der Waals surface area contributed by atoms with E-state index in [9.17, 15) is 4.79 Å². The Hall–Kier alpha value is -0.610. The summed E-state index contributed by atoms with van der Waals surface area (Å²) in [6.45, 7) is 4.49. The normalized spacial score (nSPS) is 27.3. The maximum Gasteiger partial charge on any atom is 0.303 e. The standard InChI is InChI=1S/C8H15NO3/c1-8(2)9-6(5-12-8)3-4-7(10)11/h6,9H,3-5H2,1-2H3,(H,10,11)/t6-/m0/s1. The van der Waals surface area contributed by atoms with Crippen LogP contribution in [0.2, 0.25) is 0 Å². The second kappa shape index (κ2) is 3.41. The Labute approximate surface area is 71.9 Å². The van der Waals surface area contributed by atoms with Crippen LogP contribution in [-0.4, -0.2) is 29.4 Å². The van der Waals surface area contributed by atoms with Crippen LogP contribution in [0.4, 0.5) is 0 Å². The highest BCUT2D eigenvalue weighted by Gasteiger charge is 2.30. The van der Waals surface area contributed by atoms with Gasteiger partial charge in [-0.05, 0) is 20.3 Å². The molecule has 0 aliphatic carbocycles. The number of hydrogen-bond donors (Lipinski definition) is 2. The first-order chi connectivity index (χ1) is 5.49. The predicted octanol–water partition coefficient (Wildman–Crippen LogP) is 0.576. The Morgan fingerprint density at radius 2 is 2.42 bits per heavy atom. The van der Waals surface area contributed by atoms with Gasteiger partial charge in [0, 0.05) is 12.5 Å². The maximum absolute atomic E-state index is 10.2. The number of carboxylic acids is 1. The van der Waals surface area contributed by atoms with Crippen molar-refractivity contribution < 1.29 is 14.6 Å². The van der Waals surface area contributed by atoms with Crippen molar-refractivity contribution in [3.05, 3.63) is 0 Å². The molecule has 1 saturated heterocycles. The Kier molecular flexibility index (Phi) is 2.69. The quantitative estimate of drug-likeness (QED) is 0.655. The van der Waals surface area contributed by atoms with Gasteiger partial charge in [-0.25, -0.2) is 0 Å². The average Bonchev–Trinajstić information content (AvgIpc) is 2.26. The van der Waals surface area contributed by atoms with Gasteiger partial charge in [-0.3, -0.25) is 10.1 Å². The van der Waals surface area contributed by atoms with Gasteiger partial charge in [0.2, 0.25) is 0 Å². The summed E-state index contributed by atoms with van der Waals surface area (Å²) in [5.41, 5.74) is -0.289. The van der Waals surface area contributed by atoms with Crippen LogP contribution in [0.25, 0.3) is 0 Å². The van der Waals surface area contributed by atoms with E-state index in [1.807, 2.05) is 13.8 Å². The van der Waals surface area contributed by atoms with Crippen molar-refractivity contribution in [3.63, 3.8) is 0 Å². The molecule has 4 nitrogen and oxygen atoms in total. The molecule has 1 heterocycles. The topological polar surface area (TPSA) is 58.6 Å². The zero-order valence-electron chi connectivity index (χ0n) is 7.46. The van der Waals surface area contributed by atoms with Crippen molar-refractivity contribution >= 4 is 5.97 Å². The lowest BCUT2D eigenvalue weighted by Crippen LogP contribution is -2.38. The summed E-state index contributed by atoms with van der Waals surface area (Å²) in [6.07, 6.45) is 0.843. The third-order valence-electron chi connectivity index (χ3n) is 1.90. The molecule has 0 saturated carbocycles. The largest absolute Gasteiger partial charge is 0.481 e. The van der Waals surface area contributed by atoms with Crippen molar-refractivity contribution in [1.29, 1.82) is 0 Å². The van der Waals surface area contributed by atoms with Gasteiger partial charge >= 0.3 is 5.97 Å². The first kappa shape index (κ1) is 9.48. The van der Waals surface area contributed by atoms with Gasteiger partial charge in [0.1, 0.15) is 5.72 Å². The third kappa shape index (κ3) is 2.79. The van der Waals surface area contributed by atoms with Crippen LogP contribution in [-0.2, 0) is 9.53 Å². The second-order valence-corrected chi connectivity index (χ2v) is 3.59. The molecule has 1 aliphatic heterocycles. The van der Waals surface area contributed by atoms with Gasteiger partial charge in [0.25, 0.3) is 0 Å². The molecule has 2 N–H and O–H groups in total. The van der Waals surface area contributed by atoms with Crippen molar-refractivity contribution in [2.75, 3.05) is 6.61 Å². The molecule has 70 valence electrons.